The first-order valence-electron chi connectivity index (χ1n) is 20.3. The first-order chi connectivity index (χ1) is 30.2. The molecule has 9 aromatic carbocycles. The van der Waals surface area contributed by atoms with Crippen LogP contribution in [0, 0.1) is 0 Å². The molecule has 6 heteroatoms. The van der Waals surface area contributed by atoms with Crippen molar-refractivity contribution >= 4 is 76.6 Å². The van der Waals surface area contributed by atoms with Crippen LogP contribution in [0.4, 0.5) is 0 Å². The standard InChI is InChI=1S/C55H31N3O3/c1-2-11-32(12-3-1)33-23-25-35(26-24-33)53-56-54(58-55(57-53)43-19-8-17-40-39-15-6-7-20-45(39)60-52(40)43)42-18-10-21-47-50(42)44-31-36(28-30-46(44)59-47)37-16-9-22-48-49(37)41-29-27-34-13-4-5-14-38(34)51(41)61-48/h1-31H. The van der Waals surface area contributed by atoms with E-state index in [4.69, 9.17) is 28.2 Å². The van der Waals surface area contributed by atoms with Gasteiger partial charge in [-0.15, -0.1) is 0 Å². The van der Waals surface area contributed by atoms with E-state index in [2.05, 4.69) is 140 Å². The van der Waals surface area contributed by atoms with Crippen molar-refractivity contribution in [3.8, 4) is 56.4 Å². The van der Waals surface area contributed by atoms with Gasteiger partial charge in [-0.25, -0.2) is 15.0 Å². The van der Waals surface area contributed by atoms with E-state index < -0.39 is 0 Å². The molecular weight excluding hydrogens is 751 g/mol. The zero-order valence-corrected chi connectivity index (χ0v) is 32.5. The molecule has 0 fully saturated rings. The topological polar surface area (TPSA) is 78.1 Å². The quantitative estimate of drug-likeness (QED) is 0.173. The highest BCUT2D eigenvalue weighted by atomic mass is 16.3. The minimum atomic E-state index is 0.522. The van der Waals surface area contributed by atoms with Gasteiger partial charge in [0.05, 0.1) is 5.56 Å². The fraction of sp³-hybridized carbons (Fsp3) is 0. The molecule has 4 aromatic heterocycles. The van der Waals surface area contributed by atoms with Gasteiger partial charge in [-0.1, -0.05) is 146 Å². The van der Waals surface area contributed by atoms with E-state index in [9.17, 15) is 0 Å². The molecule has 0 spiro atoms. The van der Waals surface area contributed by atoms with Crippen LogP contribution in [0.15, 0.2) is 201 Å². The predicted molar refractivity (Wildman–Crippen MR) is 246 cm³/mol. The maximum absolute atomic E-state index is 6.57. The average molecular weight is 782 g/mol. The molecule has 0 saturated carbocycles. The second-order valence-electron chi connectivity index (χ2n) is 15.5. The molecule has 0 aliphatic heterocycles. The van der Waals surface area contributed by atoms with E-state index in [0.29, 0.717) is 17.5 Å². The number of para-hydroxylation sites is 2. The van der Waals surface area contributed by atoms with Crippen LogP contribution in [-0.4, -0.2) is 15.0 Å². The Morgan fingerprint density at radius 1 is 0.279 bits per heavy atom. The average Bonchev–Trinajstić information content (AvgIpc) is 4.03. The summed E-state index contributed by atoms with van der Waals surface area (Å²) >= 11 is 0. The van der Waals surface area contributed by atoms with Crippen LogP contribution in [0.3, 0.4) is 0 Å². The lowest BCUT2D eigenvalue weighted by Crippen LogP contribution is -2.00. The van der Waals surface area contributed by atoms with Crippen LogP contribution >= 0.6 is 0 Å². The van der Waals surface area contributed by atoms with Crippen molar-refractivity contribution in [1.82, 2.24) is 15.0 Å². The summed E-state index contributed by atoms with van der Waals surface area (Å²) in [6.07, 6.45) is 0. The van der Waals surface area contributed by atoms with Crippen molar-refractivity contribution in [2.75, 3.05) is 0 Å². The first kappa shape index (κ1) is 33.6. The van der Waals surface area contributed by atoms with Gasteiger partial charge in [-0.05, 0) is 70.1 Å². The highest BCUT2D eigenvalue weighted by Crippen LogP contribution is 2.43. The molecule has 0 bridgehead atoms. The molecule has 13 aromatic rings. The molecule has 13 rings (SSSR count). The van der Waals surface area contributed by atoms with Crippen molar-refractivity contribution in [1.29, 1.82) is 0 Å². The highest BCUT2D eigenvalue weighted by Gasteiger charge is 2.22. The number of hydrogen-bond donors (Lipinski definition) is 0. The fourth-order valence-corrected chi connectivity index (χ4v) is 9.09. The summed E-state index contributed by atoms with van der Waals surface area (Å²) in [6, 6.07) is 64.5. The lowest BCUT2D eigenvalue weighted by atomic mass is 9.96. The maximum Gasteiger partial charge on any atom is 0.167 e. The van der Waals surface area contributed by atoms with Crippen LogP contribution in [0.5, 0.6) is 0 Å². The number of furan rings is 3. The zero-order valence-electron chi connectivity index (χ0n) is 32.5. The summed E-state index contributed by atoms with van der Waals surface area (Å²) in [5.74, 6) is 1.62. The molecule has 6 nitrogen and oxygen atoms in total. The van der Waals surface area contributed by atoms with Crippen molar-refractivity contribution < 1.29 is 13.3 Å². The minimum absolute atomic E-state index is 0.522. The van der Waals surface area contributed by atoms with Gasteiger partial charge in [0.2, 0.25) is 0 Å². The molecule has 0 aliphatic carbocycles. The fourth-order valence-electron chi connectivity index (χ4n) is 9.09. The Morgan fingerprint density at radius 3 is 1.72 bits per heavy atom. The Labute approximate surface area is 348 Å². The maximum atomic E-state index is 6.57. The Kier molecular flexibility index (Phi) is 7.21. The van der Waals surface area contributed by atoms with E-state index >= 15 is 0 Å². The second-order valence-corrected chi connectivity index (χ2v) is 15.5. The van der Waals surface area contributed by atoms with Crippen molar-refractivity contribution in [3.05, 3.63) is 188 Å². The minimum Gasteiger partial charge on any atom is -0.456 e. The van der Waals surface area contributed by atoms with Gasteiger partial charge in [-0.3, -0.25) is 0 Å². The largest absolute Gasteiger partial charge is 0.456 e. The summed E-state index contributed by atoms with van der Waals surface area (Å²) in [4.78, 5) is 15.6. The van der Waals surface area contributed by atoms with E-state index in [1.165, 1.54) is 0 Å². The Hall–Kier alpha value is -8.35. The molecule has 4 heterocycles. The van der Waals surface area contributed by atoms with Gasteiger partial charge in [-0.2, -0.15) is 0 Å². The van der Waals surface area contributed by atoms with Crippen LogP contribution < -0.4 is 0 Å². The van der Waals surface area contributed by atoms with Gasteiger partial charge in [0.1, 0.15) is 33.5 Å². The molecule has 0 amide bonds. The van der Waals surface area contributed by atoms with E-state index in [1.54, 1.807) is 0 Å². The van der Waals surface area contributed by atoms with E-state index in [-0.39, 0.29) is 0 Å². The third-order valence-corrected chi connectivity index (χ3v) is 12.0. The third kappa shape index (κ3) is 5.26. The van der Waals surface area contributed by atoms with Crippen LogP contribution in [0.2, 0.25) is 0 Å². The molecule has 0 aliphatic rings. The lowest BCUT2D eigenvalue weighted by Gasteiger charge is -2.10. The monoisotopic (exact) mass is 781 g/mol. The zero-order chi connectivity index (χ0) is 40.0. The summed E-state index contributed by atoms with van der Waals surface area (Å²) in [7, 11) is 0. The van der Waals surface area contributed by atoms with Crippen LogP contribution in [-0.2, 0) is 0 Å². The number of aromatic nitrogens is 3. The molecule has 61 heavy (non-hydrogen) atoms. The first-order valence-corrected chi connectivity index (χ1v) is 20.3. The number of fused-ring (bicyclic) bond motifs is 11. The van der Waals surface area contributed by atoms with E-state index in [1.807, 2.05) is 48.5 Å². The molecule has 0 unspecified atom stereocenters. The van der Waals surface area contributed by atoms with E-state index in [0.717, 1.165) is 116 Å². The predicted octanol–water partition coefficient (Wildman–Crippen LogP) is 15.1. The van der Waals surface area contributed by atoms with Gasteiger partial charge in [0.25, 0.3) is 0 Å². The van der Waals surface area contributed by atoms with Crippen molar-refractivity contribution in [2.24, 2.45) is 0 Å². The second kappa shape index (κ2) is 13.1. The number of nitrogens with zero attached hydrogens (tertiary/aromatic N) is 3. The molecule has 0 saturated heterocycles. The Balaban J connectivity index is 1.02. The van der Waals surface area contributed by atoms with Crippen molar-refractivity contribution in [3.63, 3.8) is 0 Å². The third-order valence-electron chi connectivity index (χ3n) is 12.0. The highest BCUT2D eigenvalue weighted by molar-refractivity contribution is 6.20. The molecular formula is C55H31N3O3. The van der Waals surface area contributed by atoms with Crippen molar-refractivity contribution in [2.45, 2.75) is 0 Å². The molecule has 284 valence electrons. The molecule has 0 atom stereocenters. The summed E-state index contributed by atoms with van der Waals surface area (Å²) in [5.41, 5.74) is 11.7. The van der Waals surface area contributed by atoms with Crippen LogP contribution in [0.1, 0.15) is 0 Å². The number of hydrogen-bond acceptors (Lipinski definition) is 6. The number of rotatable bonds is 5. The Morgan fingerprint density at radius 2 is 0.852 bits per heavy atom. The molecule has 0 radical (unpaired) electrons. The smallest absolute Gasteiger partial charge is 0.167 e. The van der Waals surface area contributed by atoms with Gasteiger partial charge >= 0.3 is 0 Å². The van der Waals surface area contributed by atoms with Gasteiger partial charge in [0, 0.05) is 48.8 Å². The summed E-state index contributed by atoms with van der Waals surface area (Å²) < 4.78 is 19.7. The number of benzene rings is 9. The summed E-state index contributed by atoms with van der Waals surface area (Å²) in [6.45, 7) is 0. The lowest BCUT2D eigenvalue weighted by molar-refractivity contribution is 0.668. The van der Waals surface area contributed by atoms with Crippen LogP contribution in [0.25, 0.3) is 133 Å². The summed E-state index contributed by atoms with van der Waals surface area (Å²) in [5, 5.41) is 8.37. The SMILES string of the molecule is c1ccc(-c2ccc(-c3nc(-c4cccc5c4oc4ccccc45)nc(-c4cccc5oc6ccc(-c7cccc8oc9c%10ccccc%10ccc9c78)cc6c45)n3)cc2)cc1. The molecule has 0 N–H and O–H groups in total. The Bertz CT molecular complexity index is 3880. The normalized spacial score (nSPS) is 11.9. The van der Waals surface area contributed by atoms with Gasteiger partial charge in [0.15, 0.2) is 17.5 Å². The van der Waals surface area contributed by atoms with Gasteiger partial charge < -0.3 is 13.3 Å².